The molecule has 0 aromatic heterocycles. The number of methoxy groups -OCH3 is 1. The summed E-state index contributed by atoms with van der Waals surface area (Å²) in [6, 6.07) is 17.9. The summed E-state index contributed by atoms with van der Waals surface area (Å²) in [5.41, 5.74) is 0.701. The summed E-state index contributed by atoms with van der Waals surface area (Å²) in [4.78, 5) is 25.0. The fraction of sp³-hybridized carbons (Fsp3) is 0.176. The quantitative estimate of drug-likeness (QED) is 0.658. The number of rotatable bonds is 6. The number of hydrogen-bond donors (Lipinski definition) is 1. The molecule has 4 nitrogen and oxygen atoms in total. The van der Waals surface area contributed by atoms with Gasteiger partial charge < -0.3 is 10.1 Å². The molecule has 22 heavy (non-hydrogen) atoms. The van der Waals surface area contributed by atoms with Gasteiger partial charge in [-0.1, -0.05) is 48.5 Å². The predicted molar refractivity (Wildman–Crippen MR) is 86.5 cm³/mol. The fourth-order valence-corrected chi connectivity index (χ4v) is 2.64. The zero-order valence-corrected chi connectivity index (χ0v) is 13.0. The second-order valence-corrected chi connectivity index (χ2v) is 5.58. The SMILES string of the molecule is COC(=O)C(NC(=O)CSc1ccccc1)c1ccccc1. The molecule has 0 bridgehead atoms. The van der Waals surface area contributed by atoms with Crippen LogP contribution in [0.5, 0.6) is 0 Å². The van der Waals surface area contributed by atoms with E-state index in [1.54, 1.807) is 12.1 Å². The first-order chi connectivity index (χ1) is 10.7. The van der Waals surface area contributed by atoms with Crippen molar-refractivity contribution in [3.8, 4) is 0 Å². The third kappa shape index (κ3) is 4.63. The highest BCUT2D eigenvalue weighted by molar-refractivity contribution is 8.00. The molecule has 0 saturated heterocycles. The Labute approximate surface area is 133 Å². The number of ether oxygens (including phenoxy) is 1. The molecule has 0 aliphatic heterocycles. The monoisotopic (exact) mass is 315 g/mol. The maximum absolute atomic E-state index is 12.1. The minimum Gasteiger partial charge on any atom is -0.467 e. The molecule has 0 spiro atoms. The van der Waals surface area contributed by atoms with Gasteiger partial charge in [0.1, 0.15) is 0 Å². The molecule has 0 fully saturated rings. The molecule has 1 atom stereocenters. The molecule has 114 valence electrons. The van der Waals surface area contributed by atoms with Crippen LogP contribution < -0.4 is 5.32 Å². The Morgan fingerprint density at radius 1 is 1.05 bits per heavy atom. The van der Waals surface area contributed by atoms with Gasteiger partial charge in [0.05, 0.1) is 12.9 Å². The van der Waals surface area contributed by atoms with Crippen molar-refractivity contribution in [2.24, 2.45) is 0 Å². The highest BCUT2D eigenvalue weighted by Crippen LogP contribution is 2.18. The van der Waals surface area contributed by atoms with E-state index in [4.69, 9.17) is 4.74 Å². The first kappa shape index (κ1) is 16.1. The maximum Gasteiger partial charge on any atom is 0.333 e. The standard InChI is InChI=1S/C17H17NO3S/c1-21-17(20)16(13-8-4-2-5-9-13)18-15(19)12-22-14-10-6-3-7-11-14/h2-11,16H,12H2,1H3,(H,18,19). The predicted octanol–water partition coefficient (Wildman–Crippen LogP) is 2.81. The van der Waals surface area contributed by atoms with E-state index in [0.29, 0.717) is 5.56 Å². The van der Waals surface area contributed by atoms with Crippen molar-refractivity contribution >= 4 is 23.6 Å². The van der Waals surface area contributed by atoms with Gasteiger partial charge in [0.15, 0.2) is 6.04 Å². The molecule has 5 heteroatoms. The molecule has 0 saturated carbocycles. The zero-order chi connectivity index (χ0) is 15.8. The smallest absolute Gasteiger partial charge is 0.333 e. The Morgan fingerprint density at radius 3 is 2.23 bits per heavy atom. The van der Waals surface area contributed by atoms with Gasteiger partial charge in [0.2, 0.25) is 5.91 Å². The third-order valence-electron chi connectivity index (χ3n) is 2.99. The van der Waals surface area contributed by atoms with Gasteiger partial charge in [-0.25, -0.2) is 4.79 Å². The van der Waals surface area contributed by atoms with Crippen LogP contribution in [-0.2, 0) is 14.3 Å². The number of esters is 1. The van der Waals surface area contributed by atoms with E-state index in [9.17, 15) is 9.59 Å². The van der Waals surface area contributed by atoms with Crippen molar-refractivity contribution in [2.45, 2.75) is 10.9 Å². The van der Waals surface area contributed by atoms with E-state index >= 15 is 0 Å². The highest BCUT2D eigenvalue weighted by Gasteiger charge is 2.23. The molecule has 0 heterocycles. The van der Waals surface area contributed by atoms with Crippen LogP contribution in [0.1, 0.15) is 11.6 Å². The summed E-state index contributed by atoms with van der Waals surface area (Å²) < 4.78 is 4.77. The van der Waals surface area contributed by atoms with Crippen LogP contribution in [0.25, 0.3) is 0 Å². The lowest BCUT2D eigenvalue weighted by molar-refractivity contribution is -0.145. The molecule has 2 rings (SSSR count). The highest BCUT2D eigenvalue weighted by atomic mass is 32.2. The van der Waals surface area contributed by atoms with Gasteiger partial charge in [0, 0.05) is 4.90 Å². The summed E-state index contributed by atoms with van der Waals surface area (Å²) in [5.74, 6) is -0.456. The lowest BCUT2D eigenvalue weighted by Gasteiger charge is -2.16. The van der Waals surface area contributed by atoms with E-state index < -0.39 is 12.0 Å². The van der Waals surface area contributed by atoms with Crippen molar-refractivity contribution < 1.29 is 14.3 Å². The molecule has 0 radical (unpaired) electrons. The van der Waals surface area contributed by atoms with E-state index in [2.05, 4.69) is 5.32 Å². The minimum absolute atomic E-state index is 0.215. The van der Waals surface area contributed by atoms with Crippen LogP contribution in [0.3, 0.4) is 0 Å². The summed E-state index contributed by atoms with van der Waals surface area (Å²) in [6.45, 7) is 0. The molecule has 0 aliphatic carbocycles. The zero-order valence-electron chi connectivity index (χ0n) is 12.2. The number of benzene rings is 2. The second-order valence-electron chi connectivity index (χ2n) is 4.54. The Morgan fingerprint density at radius 2 is 1.64 bits per heavy atom. The van der Waals surface area contributed by atoms with Crippen LogP contribution >= 0.6 is 11.8 Å². The van der Waals surface area contributed by atoms with E-state index in [1.165, 1.54) is 18.9 Å². The lowest BCUT2D eigenvalue weighted by atomic mass is 10.1. The fourth-order valence-electron chi connectivity index (χ4n) is 1.91. The molecule has 1 N–H and O–H groups in total. The van der Waals surface area contributed by atoms with E-state index in [1.807, 2.05) is 48.5 Å². The second kappa shape index (κ2) is 8.24. The molecule has 0 aliphatic rings. The van der Waals surface area contributed by atoms with Crippen LogP contribution in [0, 0.1) is 0 Å². The van der Waals surface area contributed by atoms with E-state index in [-0.39, 0.29) is 11.7 Å². The van der Waals surface area contributed by atoms with Gasteiger partial charge >= 0.3 is 5.97 Å². The van der Waals surface area contributed by atoms with Crippen LogP contribution in [0.15, 0.2) is 65.6 Å². The Hall–Kier alpha value is -2.27. The first-order valence-corrected chi connectivity index (χ1v) is 7.79. The molecule has 2 aromatic carbocycles. The van der Waals surface area contributed by atoms with Gasteiger partial charge in [-0.15, -0.1) is 11.8 Å². The molecule has 2 aromatic rings. The van der Waals surface area contributed by atoms with Crippen molar-refractivity contribution in [1.82, 2.24) is 5.32 Å². The van der Waals surface area contributed by atoms with Crippen LogP contribution in [0.2, 0.25) is 0 Å². The Bertz CT molecular complexity index is 616. The number of carbonyl (C=O) groups is 2. The van der Waals surface area contributed by atoms with Gasteiger partial charge in [-0.05, 0) is 17.7 Å². The van der Waals surface area contributed by atoms with Gasteiger partial charge in [-0.3, -0.25) is 4.79 Å². The summed E-state index contributed by atoms with van der Waals surface area (Å²) in [7, 11) is 1.31. The number of hydrogen-bond acceptors (Lipinski definition) is 4. The molecule has 1 unspecified atom stereocenters. The number of amides is 1. The molecule has 1 amide bonds. The topological polar surface area (TPSA) is 55.4 Å². The summed E-state index contributed by atoms with van der Waals surface area (Å²) >= 11 is 1.42. The number of nitrogens with one attached hydrogen (secondary N) is 1. The Balaban J connectivity index is 1.98. The van der Waals surface area contributed by atoms with Gasteiger partial charge in [0.25, 0.3) is 0 Å². The average molecular weight is 315 g/mol. The number of thioether (sulfide) groups is 1. The van der Waals surface area contributed by atoms with Crippen molar-refractivity contribution in [3.05, 3.63) is 66.2 Å². The lowest BCUT2D eigenvalue weighted by Crippen LogP contribution is -2.35. The minimum atomic E-state index is -0.782. The van der Waals surface area contributed by atoms with Crippen molar-refractivity contribution in [3.63, 3.8) is 0 Å². The number of carbonyl (C=O) groups excluding carboxylic acids is 2. The first-order valence-electron chi connectivity index (χ1n) is 6.80. The average Bonchev–Trinajstić information content (AvgIpc) is 2.59. The van der Waals surface area contributed by atoms with Gasteiger partial charge in [-0.2, -0.15) is 0 Å². The Kier molecular flexibility index (Phi) is 6.03. The van der Waals surface area contributed by atoms with Crippen molar-refractivity contribution in [2.75, 3.05) is 12.9 Å². The normalized spacial score (nSPS) is 11.5. The van der Waals surface area contributed by atoms with Crippen LogP contribution in [-0.4, -0.2) is 24.7 Å². The molecular formula is C17H17NO3S. The molecular weight excluding hydrogens is 298 g/mol. The third-order valence-corrected chi connectivity index (χ3v) is 4.00. The van der Waals surface area contributed by atoms with E-state index in [0.717, 1.165) is 4.90 Å². The maximum atomic E-state index is 12.1. The summed E-state index contributed by atoms with van der Waals surface area (Å²) in [5, 5.41) is 2.72. The van der Waals surface area contributed by atoms with Crippen LogP contribution in [0.4, 0.5) is 0 Å². The van der Waals surface area contributed by atoms with Crippen molar-refractivity contribution in [1.29, 1.82) is 0 Å². The summed E-state index contributed by atoms with van der Waals surface area (Å²) in [6.07, 6.45) is 0. The largest absolute Gasteiger partial charge is 0.467 e.